The lowest BCUT2D eigenvalue weighted by molar-refractivity contribution is -0.182. The van der Waals surface area contributed by atoms with E-state index >= 15 is 0 Å². The molecule has 0 saturated heterocycles. The van der Waals surface area contributed by atoms with Crippen LogP contribution in [-0.2, 0) is 30.3 Å². The molecule has 1 amide bonds. The van der Waals surface area contributed by atoms with Crippen molar-refractivity contribution < 1.29 is 49.4 Å². The van der Waals surface area contributed by atoms with Gasteiger partial charge in [0.15, 0.2) is 11.4 Å². The van der Waals surface area contributed by atoms with E-state index in [1.54, 1.807) is 24.3 Å². The second-order valence-corrected chi connectivity index (χ2v) is 9.76. The molecule has 0 spiro atoms. The molecule has 0 aliphatic heterocycles. The van der Waals surface area contributed by atoms with Crippen molar-refractivity contribution in [2.45, 2.75) is 30.7 Å². The number of nitrogens with two attached hydrogens (primary N) is 2. The molecule has 0 aromatic heterocycles. The van der Waals surface area contributed by atoms with Gasteiger partial charge in [-0.25, -0.2) is 0 Å². The molecule has 12 nitrogen and oxygen atoms in total. The fourth-order valence-corrected chi connectivity index (χ4v) is 5.75. The van der Waals surface area contributed by atoms with Gasteiger partial charge in [-0.15, -0.1) is 0 Å². The number of aliphatic hydroxyl groups excluding tert-OH is 3. The van der Waals surface area contributed by atoms with E-state index in [4.69, 9.17) is 16.2 Å². The van der Waals surface area contributed by atoms with Crippen molar-refractivity contribution in [1.29, 1.82) is 0 Å². The summed E-state index contributed by atoms with van der Waals surface area (Å²) < 4.78 is 5.68. The summed E-state index contributed by atoms with van der Waals surface area (Å²) in [5.41, 5.74) is 6.85. The highest BCUT2D eigenvalue weighted by atomic mass is 16.5. The lowest BCUT2D eigenvalue weighted by Crippen LogP contribution is -2.64. The maximum absolute atomic E-state index is 13.8. The van der Waals surface area contributed by atoms with Gasteiger partial charge in [0.05, 0.1) is 29.6 Å². The number of carbonyl (C=O) groups excluding carboxylic acids is 4. The highest BCUT2D eigenvalue weighted by molar-refractivity contribution is 6.23. The molecule has 0 radical (unpaired) electrons. The Labute approximate surface area is 220 Å². The fraction of sp³-hybridized carbons (Fsp3) is 0.259. The number of Topliss-reactive ketones (excluding diaryl/α,β-unsaturated/α-hetero) is 2. The van der Waals surface area contributed by atoms with E-state index in [-0.39, 0.29) is 17.5 Å². The third-order valence-electron chi connectivity index (χ3n) is 7.56. The Kier molecular flexibility index (Phi) is 5.96. The summed E-state index contributed by atoms with van der Waals surface area (Å²) in [4.78, 5) is 51.6. The molecule has 5 atom stereocenters. The first kappa shape index (κ1) is 25.9. The SMILES string of the molecule is NC(=O)C1=C(O)[C@@]2(O)C(=O)C3=C(O)c4c(O)cccc4[C@H](O)[C@H]3[C@H](OC(=O)Cc3ccc(N)cc3)[C@H]2CC1=O. The van der Waals surface area contributed by atoms with Gasteiger partial charge in [0.1, 0.15) is 28.9 Å². The number of anilines is 1. The Morgan fingerprint density at radius 2 is 1.72 bits per heavy atom. The van der Waals surface area contributed by atoms with Crippen molar-refractivity contribution in [3.63, 3.8) is 0 Å². The van der Waals surface area contributed by atoms with Crippen LogP contribution in [0.1, 0.15) is 29.2 Å². The first-order valence-electron chi connectivity index (χ1n) is 11.9. The molecular formula is C27H24N2O10. The molecule has 12 heteroatoms. The topological polar surface area (TPSA) is 231 Å². The number of amides is 1. The number of fused-ring (bicyclic) bond motifs is 3. The molecule has 1 saturated carbocycles. The van der Waals surface area contributed by atoms with Crippen LogP contribution < -0.4 is 11.5 Å². The number of nitrogen functional groups attached to an aromatic ring is 1. The Morgan fingerprint density at radius 3 is 2.36 bits per heavy atom. The summed E-state index contributed by atoms with van der Waals surface area (Å²) in [7, 11) is 0. The summed E-state index contributed by atoms with van der Waals surface area (Å²) in [6.07, 6.45) is -4.37. The Morgan fingerprint density at radius 1 is 1.05 bits per heavy atom. The number of ether oxygens (including phenoxy) is 1. The molecule has 1 fully saturated rings. The van der Waals surface area contributed by atoms with Crippen LogP contribution in [0, 0.1) is 11.8 Å². The van der Waals surface area contributed by atoms with E-state index in [2.05, 4.69) is 0 Å². The van der Waals surface area contributed by atoms with Crippen LogP contribution in [0.15, 0.2) is 59.4 Å². The molecule has 0 bridgehead atoms. The number of aromatic hydroxyl groups is 1. The summed E-state index contributed by atoms with van der Waals surface area (Å²) in [5, 5.41) is 55.3. The van der Waals surface area contributed by atoms with Crippen LogP contribution >= 0.6 is 0 Å². The average Bonchev–Trinajstić information content (AvgIpc) is 2.87. The Hall–Kier alpha value is -4.68. The van der Waals surface area contributed by atoms with Gasteiger partial charge in [-0.1, -0.05) is 24.3 Å². The molecular weight excluding hydrogens is 512 g/mol. The number of phenols is 1. The third kappa shape index (κ3) is 3.75. The largest absolute Gasteiger partial charge is 0.508 e. The zero-order chi connectivity index (χ0) is 28.4. The number of aliphatic hydroxyl groups is 4. The number of rotatable bonds is 4. The van der Waals surface area contributed by atoms with E-state index in [0.717, 1.165) is 0 Å². The predicted octanol–water partition coefficient (Wildman–Crippen LogP) is 0.261. The second-order valence-electron chi connectivity index (χ2n) is 9.76. The molecule has 0 unspecified atom stereocenters. The van der Waals surface area contributed by atoms with Gasteiger partial charge < -0.3 is 41.7 Å². The fourth-order valence-electron chi connectivity index (χ4n) is 5.75. The van der Waals surface area contributed by atoms with Crippen LogP contribution in [0.2, 0.25) is 0 Å². The van der Waals surface area contributed by atoms with Crippen LogP contribution in [-0.4, -0.2) is 60.7 Å². The summed E-state index contributed by atoms with van der Waals surface area (Å²) in [5.74, 6) is -10.5. The summed E-state index contributed by atoms with van der Waals surface area (Å²) in [6.45, 7) is 0. The second kappa shape index (κ2) is 8.96. The predicted molar refractivity (Wildman–Crippen MR) is 132 cm³/mol. The maximum Gasteiger partial charge on any atom is 0.310 e. The number of hydrogen-bond donors (Lipinski definition) is 7. The van der Waals surface area contributed by atoms with Crippen molar-refractivity contribution in [3.8, 4) is 5.75 Å². The smallest absolute Gasteiger partial charge is 0.310 e. The molecule has 2 aromatic rings. The van der Waals surface area contributed by atoms with Gasteiger partial charge in [0.25, 0.3) is 5.91 Å². The number of ketones is 2. The molecule has 5 rings (SSSR count). The van der Waals surface area contributed by atoms with E-state index in [0.29, 0.717) is 11.3 Å². The Balaban J connectivity index is 1.68. The minimum atomic E-state index is -3.02. The molecule has 0 heterocycles. The van der Waals surface area contributed by atoms with E-state index < -0.39 is 87.9 Å². The van der Waals surface area contributed by atoms with Gasteiger partial charge in [-0.2, -0.15) is 0 Å². The summed E-state index contributed by atoms with van der Waals surface area (Å²) in [6, 6.07) is 10.2. The first-order valence-corrected chi connectivity index (χ1v) is 11.9. The van der Waals surface area contributed by atoms with Crippen LogP contribution in [0.25, 0.3) is 5.76 Å². The van der Waals surface area contributed by atoms with Gasteiger partial charge >= 0.3 is 5.97 Å². The average molecular weight is 536 g/mol. The zero-order valence-corrected chi connectivity index (χ0v) is 20.2. The normalized spacial score (nSPS) is 27.9. The monoisotopic (exact) mass is 536 g/mol. The van der Waals surface area contributed by atoms with Gasteiger partial charge in [-0.3, -0.25) is 19.2 Å². The Bertz CT molecular complexity index is 1510. The molecule has 3 aliphatic carbocycles. The van der Waals surface area contributed by atoms with Crippen molar-refractivity contribution in [2.75, 3.05) is 5.73 Å². The zero-order valence-electron chi connectivity index (χ0n) is 20.2. The minimum absolute atomic E-state index is 0.00111. The first-order chi connectivity index (χ1) is 18.4. The third-order valence-corrected chi connectivity index (χ3v) is 7.56. The molecule has 9 N–H and O–H groups in total. The minimum Gasteiger partial charge on any atom is -0.508 e. The number of carbonyl (C=O) groups is 4. The molecule has 2 aromatic carbocycles. The van der Waals surface area contributed by atoms with E-state index in [1.807, 2.05) is 0 Å². The van der Waals surface area contributed by atoms with Crippen LogP contribution in [0.5, 0.6) is 5.75 Å². The van der Waals surface area contributed by atoms with Crippen molar-refractivity contribution >= 4 is 34.9 Å². The van der Waals surface area contributed by atoms with Crippen LogP contribution in [0.3, 0.4) is 0 Å². The molecule has 39 heavy (non-hydrogen) atoms. The van der Waals surface area contributed by atoms with Crippen molar-refractivity contribution in [1.82, 2.24) is 0 Å². The lowest BCUT2D eigenvalue weighted by atomic mass is 9.57. The number of phenolic OH excluding ortho intramolecular Hbond substituents is 1. The molecule has 3 aliphatic rings. The maximum atomic E-state index is 13.8. The molecule has 202 valence electrons. The quantitative estimate of drug-likeness (QED) is 0.159. The number of hydrogen-bond acceptors (Lipinski definition) is 11. The highest BCUT2D eigenvalue weighted by Crippen LogP contribution is 2.55. The van der Waals surface area contributed by atoms with Crippen molar-refractivity contribution in [3.05, 3.63) is 76.1 Å². The number of esters is 1. The van der Waals surface area contributed by atoms with Crippen LogP contribution in [0.4, 0.5) is 5.69 Å². The van der Waals surface area contributed by atoms with E-state index in [1.165, 1.54) is 18.2 Å². The standard InChI is InChI=1S/C27H24N2O10/c28-11-6-4-10(5-7-11)8-16(32)39-23-13-9-15(31)18(26(29)37)24(35)27(13,38)25(36)20-19(23)21(33)12-2-1-3-14(30)17(12)22(20)34/h1-7,13,19,21,23,30,33-35,38H,8-9,28H2,(H2,29,37)/t13-,19+,21+,23-,27-/m1/s1. The van der Waals surface area contributed by atoms with Gasteiger partial charge in [0, 0.05) is 18.0 Å². The number of benzene rings is 2. The number of primary amides is 1. The highest BCUT2D eigenvalue weighted by Gasteiger charge is 2.66. The van der Waals surface area contributed by atoms with Crippen molar-refractivity contribution in [2.24, 2.45) is 17.6 Å². The summed E-state index contributed by atoms with van der Waals surface area (Å²) >= 11 is 0. The van der Waals surface area contributed by atoms with Gasteiger partial charge in [-0.05, 0) is 29.3 Å². The van der Waals surface area contributed by atoms with Gasteiger partial charge in [0.2, 0.25) is 5.78 Å². The van der Waals surface area contributed by atoms with E-state index in [9.17, 15) is 44.7 Å². The lowest BCUT2D eigenvalue weighted by Gasteiger charge is -2.50.